The second-order valence-electron chi connectivity index (χ2n) is 5.90. The van der Waals surface area contributed by atoms with Crippen LogP contribution in [-0.4, -0.2) is 40.6 Å². The van der Waals surface area contributed by atoms with Gasteiger partial charge in [-0.1, -0.05) is 40.0 Å². The van der Waals surface area contributed by atoms with Crippen molar-refractivity contribution in [2.24, 2.45) is 0 Å². The normalized spacial score (nSPS) is 13.9. The first-order valence-corrected chi connectivity index (χ1v) is 11.9. The number of carbonyl (C=O) groups is 1. The minimum Gasteiger partial charge on any atom is -0.299 e. The third-order valence-corrected chi connectivity index (χ3v) is 9.13. The molecule has 0 saturated carbocycles. The minimum absolute atomic E-state index is 0.150. The van der Waals surface area contributed by atoms with Crippen molar-refractivity contribution in [1.29, 1.82) is 0 Å². The molecule has 4 nitrogen and oxygen atoms in total. The van der Waals surface area contributed by atoms with Crippen molar-refractivity contribution in [2.75, 3.05) is 17.3 Å². The Labute approximate surface area is 145 Å². The van der Waals surface area contributed by atoms with Crippen LogP contribution in [0.4, 0.5) is 13.2 Å². The molecular formula is C15H30F3O4S2+. The van der Waals surface area contributed by atoms with E-state index in [2.05, 4.69) is 3.63 Å². The zero-order valence-electron chi connectivity index (χ0n) is 14.7. The molecular weight excluding hydrogens is 365 g/mol. The molecule has 0 bridgehead atoms. The fourth-order valence-corrected chi connectivity index (χ4v) is 7.87. The van der Waals surface area contributed by atoms with E-state index in [0.29, 0.717) is 32.1 Å². The summed E-state index contributed by atoms with van der Waals surface area (Å²) < 4.78 is 64.9. The van der Waals surface area contributed by atoms with Gasteiger partial charge in [-0.3, -0.25) is 8.42 Å². The SMILES string of the molecule is CCCCC(=O)CS(CCCC)(CCCC)[OH+]S(=O)(=O)C(F)(F)F. The third kappa shape index (κ3) is 8.20. The summed E-state index contributed by atoms with van der Waals surface area (Å²) in [4.78, 5) is 12.2. The zero-order valence-corrected chi connectivity index (χ0v) is 16.3. The average Bonchev–Trinajstić information content (AvgIpc) is 2.47. The fourth-order valence-electron chi connectivity index (χ4n) is 2.17. The fraction of sp³-hybridized carbons (Fsp3) is 0.933. The molecule has 0 atom stereocenters. The van der Waals surface area contributed by atoms with Gasteiger partial charge >= 0.3 is 15.6 Å². The number of alkyl halides is 3. The lowest BCUT2D eigenvalue weighted by Gasteiger charge is -2.33. The molecule has 0 amide bonds. The summed E-state index contributed by atoms with van der Waals surface area (Å²) in [5.74, 6) is 0.190. The van der Waals surface area contributed by atoms with Crippen LogP contribution in [0.5, 0.6) is 0 Å². The van der Waals surface area contributed by atoms with E-state index in [1.54, 1.807) is 0 Å². The molecule has 0 radical (unpaired) electrons. The van der Waals surface area contributed by atoms with E-state index in [0.717, 1.165) is 6.42 Å². The van der Waals surface area contributed by atoms with Gasteiger partial charge in [0.1, 0.15) is 5.78 Å². The quantitative estimate of drug-likeness (QED) is 0.250. The number of hydrogen-bond donors (Lipinski definition) is 0. The number of hydrogen-bond acceptors (Lipinski definition) is 3. The Morgan fingerprint density at radius 1 is 0.917 bits per heavy atom. The van der Waals surface area contributed by atoms with Gasteiger partial charge in [-0.2, -0.15) is 13.2 Å². The number of carbonyl (C=O) groups excluding carboxylic acids is 1. The summed E-state index contributed by atoms with van der Waals surface area (Å²) in [6, 6.07) is 0. The molecule has 0 fully saturated rings. The van der Waals surface area contributed by atoms with Gasteiger partial charge in [0.05, 0.1) is 5.75 Å². The largest absolute Gasteiger partial charge is 0.572 e. The maximum atomic E-state index is 12.8. The number of unbranched alkanes of at least 4 members (excludes halogenated alkanes) is 3. The first-order valence-electron chi connectivity index (χ1n) is 8.37. The molecule has 9 heteroatoms. The van der Waals surface area contributed by atoms with E-state index in [4.69, 9.17) is 0 Å². The van der Waals surface area contributed by atoms with Crippen LogP contribution in [-0.2, 0) is 14.9 Å². The second-order valence-corrected chi connectivity index (χ2v) is 11.0. The Bertz CT molecular complexity index is 468. The van der Waals surface area contributed by atoms with Gasteiger partial charge in [0.15, 0.2) is 0 Å². The van der Waals surface area contributed by atoms with Crippen LogP contribution in [0, 0.1) is 0 Å². The number of rotatable bonds is 13. The van der Waals surface area contributed by atoms with E-state index >= 15 is 0 Å². The highest BCUT2D eigenvalue weighted by Gasteiger charge is 2.56. The van der Waals surface area contributed by atoms with Crippen LogP contribution >= 0.6 is 10.3 Å². The van der Waals surface area contributed by atoms with Crippen LogP contribution in [0.25, 0.3) is 0 Å². The molecule has 0 aromatic rings. The molecule has 0 saturated heterocycles. The summed E-state index contributed by atoms with van der Waals surface area (Å²) in [5.41, 5.74) is -5.41. The first kappa shape index (κ1) is 23.7. The molecule has 0 unspecified atom stereocenters. The van der Waals surface area contributed by atoms with Crippen LogP contribution in [0.15, 0.2) is 0 Å². The lowest BCUT2D eigenvalue weighted by molar-refractivity contribution is -0.116. The molecule has 0 aliphatic rings. The Balaban J connectivity index is 5.51. The summed E-state index contributed by atoms with van der Waals surface area (Å²) in [5, 5.41) is 0. The van der Waals surface area contributed by atoms with E-state index < -0.39 is 25.9 Å². The third-order valence-electron chi connectivity index (χ3n) is 3.54. The van der Waals surface area contributed by atoms with Crippen molar-refractivity contribution < 1.29 is 30.0 Å². The van der Waals surface area contributed by atoms with E-state index in [1.807, 2.05) is 20.8 Å². The average molecular weight is 396 g/mol. The van der Waals surface area contributed by atoms with Crippen molar-refractivity contribution >= 4 is 26.2 Å². The Morgan fingerprint density at radius 2 is 1.38 bits per heavy atom. The van der Waals surface area contributed by atoms with Crippen molar-refractivity contribution in [2.45, 2.75) is 71.2 Å². The molecule has 0 aromatic heterocycles. The molecule has 0 rings (SSSR count). The predicted octanol–water partition coefficient (Wildman–Crippen LogP) is 5.01. The maximum Gasteiger partial charge on any atom is 0.572 e. The highest BCUT2D eigenvalue weighted by molar-refractivity contribution is 8.32. The molecule has 0 aliphatic heterocycles. The summed E-state index contributed by atoms with van der Waals surface area (Å²) in [6.45, 7) is 5.67. The molecule has 0 aromatic carbocycles. The molecule has 0 spiro atoms. The van der Waals surface area contributed by atoms with E-state index in [-0.39, 0.29) is 29.5 Å². The number of ketones is 1. The van der Waals surface area contributed by atoms with Crippen molar-refractivity contribution in [3.63, 3.8) is 0 Å². The van der Waals surface area contributed by atoms with E-state index in [1.165, 1.54) is 0 Å². The van der Waals surface area contributed by atoms with Crippen LogP contribution < -0.4 is 0 Å². The van der Waals surface area contributed by atoms with Crippen molar-refractivity contribution in [3.05, 3.63) is 0 Å². The monoisotopic (exact) mass is 395 g/mol. The van der Waals surface area contributed by atoms with Gasteiger partial charge in [0.25, 0.3) is 0 Å². The number of Topliss-reactive ketones (excluding diaryl/α,β-unsaturated/α-hetero) is 1. The van der Waals surface area contributed by atoms with Gasteiger partial charge < -0.3 is 0 Å². The molecule has 146 valence electrons. The van der Waals surface area contributed by atoms with E-state index in [9.17, 15) is 26.4 Å². The van der Waals surface area contributed by atoms with Gasteiger partial charge in [-0.15, -0.1) is 8.42 Å². The lowest BCUT2D eigenvalue weighted by atomic mass is 10.2. The predicted molar refractivity (Wildman–Crippen MR) is 94.1 cm³/mol. The Kier molecular flexibility index (Phi) is 10.5. The topological polar surface area (TPSA) is 64.0 Å². The van der Waals surface area contributed by atoms with Crippen LogP contribution in [0.2, 0.25) is 0 Å². The second kappa shape index (κ2) is 10.7. The number of halogens is 3. The Hall–Kier alpha value is -0.280. The van der Waals surface area contributed by atoms with Crippen molar-refractivity contribution in [1.82, 2.24) is 0 Å². The lowest BCUT2D eigenvalue weighted by Crippen LogP contribution is -2.34. The van der Waals surface area contributed by atoms with Crippen LogP contribution in [0.1, 0.15) is 65.7 Å². The summed E-state index contributed by atoms with van der Waals surface area (Å²) >= 11 is 0. The first-order chi connectivity index (χ1) is 11.0. The molecule has 0 aliphatic carbocycles. The van der Waals surface area contributed by atoms with Gasteiger partial charge in [0.2, 0.25) is 0 Å². The maximum absolute atomic E-state index is 12.8. The van der Waals surface area contributed by atoms with Gasteiger partial charge in [0, 0.05) is 17.9 Å². The van der Waals surface area contributed by atoms with Gasteiger partial charge in [-0.05, 0) is 29.6 Å². The molecule has 0 heterocycles. The van der Waals surface area contributed by atoms with Gasteiger partial charge in [-0.25, -0.2) is 0 Å². The summed E-state index contributed by atoms with van der Waals surface area (Å²) in [7, 11) is -8.10. The zero-order chi connectivity index (χ0) is 18.9. The summed E-state index contributed by atoms with van der Waals surface area (Å²) in [6.07, 6.45) is 4.29. The standard InChI is InChI=1S/C15H29F3O4S2/c1-4-7-10-14(19)13-23(11-8-5-2,12-9-6-3)22-24(20,21)15(16,17)18/h4-13H2,1-3H3/p+1. The van der Waals surface area contributed by atoms with Crippen molar-refractivity contribution in [3.8, 4) is 0 Å². The minimum atomic E-state index is -5.57. The highest BCUT2D eigenvalue weighted by Crippen LogP contribution is 2.51. The highest BCUT2D eigenvalue weighted by atomic mass is 32.3. The molecule has 1 N–H and O–H groups in total. The van der Waals surface area contributed by atoms with Crippen LogP contribution in [0.3, 0.4) is 0 Å². The Morgan fingerprint density at radius 3 is 1.75 bits per heavy atom. The molecule has 24 heavy (non-hydrogen) atoms. The smallest absolute Gasteiger partial charge is 0.299 e.